The second-order valence-electron chi connectivity index (χ2n) is 11.5. The lowest BCUT2D eigenvalue weighted by molar-refractivity contribution is 0.332. The fourth-order valence-electron chi connectivity index (χ4n) is 5.83. The predicted octanol–water partition coefficient (Wildman–Crippen LogP) is 9.27. The molecule has 0 atom stereocenters. The normalized spacial score (nSPS) is 17.8. The molecule has 0 aliphatic heterocycles. The number of pyridine rings is 1. The van der Waals surface area contributed by atoms with Gasteiger partial charge in [0.15, 0.2) is 5.58 Å². The van der Waals surface area contributed by atoms with Gasteiger partial charge in [-0.2, -0.15) is 0 Å². The van der Waals surface area contributed by atoms with E-state index in [0.29, 0.717) is 0 Å². The minimum atomic E-state index is -0.729. The van der Waals surface area contributed by atoms with Crippen molar-refractivity contribution in [1.82, 2.24) is 4.98 Å². The molecule has 34 heavy (non-hydrogen) atoms. The van der Waals surface area contributed by atoms with Crippen molar-refractivity contribution in [2.24, 2.45) is 0 Å². The third-order valence-corrected chi connectivity index (χ3v) is 8.03. The van der Waals surface area contributed by atoms with Gasteiger partial charge in [0.1, 0.15) is 11.3 Å². The lowest BCUT2D eigenvalue weighted by Gasteiger charge is -2.41. The zero-order valence-electron chi connectivity index (χ0n) is 22.0. The molecule has 0 spiro atoms. The van der Waals surface area contributed by atoms with Gasteiger partial charge in [0, 0.05) is 23.9 Å². The molecule has 0 N–H and O–H groups in total. The topological polar surface area (TPSA) is 26.0 Å². The maximum Gasteiger partial charge on any atom is 0.161 e. The van der Waals surface area contributed by atoms with E-state index in [-0.39, 0.29) is 10.8 Å². The van der Waals surface area contributed by atoms with E-state index in [1.54, 1.807) is 0 Å². The molecule has 2 nitrogen and oxygen atoms in total. The molecular weight excluding hydrogens is 414 g/mol. The number of hydrogen-bond donors (Lipinski definition) is 0. The van der Waals surface area contributed by atoms with Crippen LogP contribution in [-0.4, -0.2) is 4.98 Å². The maximum absolute atomic E-state index is 8.79. The fraction of sp³-hybridized carbons (Fsp3) is 0.344. The first-order chi connectivity index (χ1) is 16.5. The Bertz CT molecular complexity index is 1630. The van der Waals surface area contributed by atoms with Crippen LogP contribution in [0, 0.1) is 0 Å². The van der Waals surface area contributed by atoms with Gasteiger partial charge in [0.25, 0.3) is 0 Å². The molecule has 6 rings (SSSR count). The van der Waals surface area contributed by atoms with Crippen molar-refractivity contribution >= 4 is 32.7 Å². The molecule has 0 bridgehead atoms. The van der Waals surface area contributed by atoms with Gasteiger partial charge < -0.3 is 4.42 Å². The first kappa shape index (κ1) is 20.3. The Morgan fingerprint density at radius 3 is 2.29 bits per heavy atom. The zero-order chi connectivity index (χ0) is 24.8. The summed E-state index contributed by atoms with van der Waals surface area (Å²) >= 11 is 0. The van der Waals surface area contributed by atoms with E-state index in [4.69, 9.17) is 10.8 Å². The standard InChI is InChI=1S/C32H33NO/c1-19(2)24-16-21(15-20-9-7-8-10-22(20)24)29-30-23(11-14-33-29)25-17-26-27(18-28(25)34-30)32(5,6)13-12-31(26,3)4/h7-11,14-19H,12-13H2,1-6H3/i19D. The quantitative estimate of drug-likeness (QED) is 0.269. The van der Waals surface area contributed by atoms with Crippen molar-refractivity contribution in [3.63, 3.8) is 0 Å². The van der Waals surface area contributed by atoms with Gasteiger partial charge in [-0.05, 0) is 87.4 Å². The lowest BCUT2D eigenvalue weighted by Crippen LogP contribution is -2.33. The highest BCUT2D eigenvalue weighted by molar-refractivity contribution is 6.09. The Morgan fingerprint density at radius 1 is 0.853 bits per heavy atom. The Morgan fingerprint density at radius 2 is 1.56 bits per heavy atom. The van der Waals surface area contributed by atoms with E-state index >= 15 is 0 Å². The van der Waals surface area contributed by atoms with E-state index in [1.165, 1.54) is 24.0 Å². The molecule has 0 amide bonds. The van der Waals surface area contributed by atoms with Crippen molar-refractivity contribution < 1.29 is 5.79 Å². The predicted molar refractivity (Wildman–Crippen MR) is 144 cm³/mol. The van der Waals surface area contributed by atoms with Gasteiger partial charge in [-0.3, -0.25) is 4.98 Å². The van der Waals surface area contributed by atoms with E-state index in [2.05, 4.69) is 76.2 Å². The number of aromatic nitrogens is 1. The maximum atomic E-state index is 8.79. The molecule has 2 aromatic heterocycles. The van der Waals surface area contributed by atoms with Crippen LogP contribution in [0.3, 0.4) is 0 Å². The van der Waals surface area contributed by atoms with Crippen LogP contribution in [0.4, 0.5) is 0 Å². The average Bonchev–Trinajstić information content (AvgIpc) is 3.18. The smallest absolute Gasteiger partial charge is 0.161 e. The summed E-state index contributed by atoms with van der Waals surface area (Å²) < 4.78 is 15.4. The third-order valence-electron chi connectivity index (χ3n) is 8.03. The van der Waals surface area contributed by atoms with Crippen LogP contribution >= 0.6 is 0 Å². The summed E-state index contributed by atoms with van der Waals surface area (Å²) in [7, 11) is 0. The van der Waals surface area contributed by atoms with Gasteiger partial charge >= 0.3 is 0 Å². The molecular formula is C32H33NO. The molecule has 172 valence electrons. The summed E-state index contributed by atoms with van der Waals surface area (Å²) in [5, 5.41) is 4.50. The number of rotatable bonds is 2. The van der Waals surface area contributed by atoms with E-state index in [0.717, 1.165) is 49.5 Å². The van der Waals surface area contributed by atoms with Crippen LogP contribution in [0.25, 0.3) is 44.0 Å². The molecule has 0 saturated carbocycles. The number of furan rings is 1. The van der Waals surface area contributed by atoms with Crippen molar-refractivity contribution in [3.8, 4) is 11.3 Å². The summed E-state index contributed by atoms with van der Waals surface area (Å²) in [6, 6.07) is 19.4. The Labute approximate surface area is 203 Å². The van der Waals surface area contributed by atoms with Crippen molar-refractivity contribution in [2.75, 3.05) is 0 Å². The second-order valence-corrected chi connectivity index (χ2v) is 11.5. The van der Waals surface area contributed by atoms with Crippen molar-refractivity contribution in [1.29, 1.82) is 0 Å². The largest absolute Gasteiger partial charge is 0.454 e. The van der Waals surface area contributed by atoms with Crippen molar-refractivity contribution in [3.05, 3.63) is 77.5 Å². The monoisotopic (exact) mass is 448 g/mol. The molecule has 0 radical (unpaired) electrons. The van der Waals surface area contributed by atoms with Crippen molar-refractivity contribution in [2.45, 2.75) is 71.1 Å². The molecule has 2 heterocycles. The fourth-order valence-corrected chi connectivity index (χ4v) is 5.83. The molecule has 1 aliphatic rings. The Balaban J connectivity index is 1.65. The van der Waals surface area contributed by atoms with Crippen LogP contribution in [0.15, 0.2) is 65.2 Å². The third kappa shape index (κ3) is 3.11. The van der Waals surface area contributed by atoms with E-state index in [1.807, 2.05) is 26.1 Å². The summed E-state index contributed by atoms with van der Waals surface area (Å²) in [4.78, 5) is 4.80. The van der Waals surface area contributed by atoms with E-state index in [9.17, 15) is 0 Å². The number of hydrogen-bond acceptors (Lipinski definition) is 2. The van der Waals surface area contributed by atoms with E-state index < -0.39 is 5.89 Å². The Kier molecular flexibility index (Phi) is 4.28. The SMILES string of the molecule is [2H]C(C)(C)c1cc(-c2nccc3c2oc2cc4c(cc23)C(C)(C)CCC4(C)C)cc2ccccc12. The summed E-state index contributed by atoms with van der Waals surface area (Å²) in [5.41, 5.74) is 7.70. The highest BCUT2D eigenvalue weighted by Gasteiger charge is 2.37. The summed E-state index contributed by atoms with van der Waals surface area (Å²) in [5.74, 6) is -0.729. The minimum absolute atomic E-state index is 0.131. The molecule has 0 saturated heterocycles. The van der Waals surface area contributed by atoms with Gasteiger partial charge in [-0.1, -0.05) is 65.8 Å². The lowest BCUT2D eigenvalue weighted by atomic mass is 9.63. The highest BCUT2D eigenvalue weighted by atomic mass is 16.3. The van der Waals surface area contributed by atoms with Gasteiger partial charge in [-0.25, -0.2) is 0 Å². The van der Waals surface area contributed by atoms with Crippen LogP contribution < -0.4 is 0 Å². The molecule has 5 aromatic rings. The number of nitrogens with zero attached hydrogens (tertiary/aromatic N) is 1. The van der Waals surface area contributed by atoms with Gasteiger partial charge in [-0.15, -0.1) is 0 Å². The molecule has 0 unspecified atom stereocenters. The van der Waals surface area contributed by atoms with Crippen LogP contribution in [0.5, 0.6) is 0 Å². The average molecular weight is 449 g/mol. The van der Waals surface area contributed by atoms with Crippen LogP contribution in [0.1, 0.15) is 78.3 Å². The zero-order valence-corrected chi connectivity index (χ0v) is 21.0. The highest BCUT2D eigenvalue weighted by Crippen LogP contribution is 2.48. The minimum Gasteiger partial charge on any atom is -0.454 e. The van der Waals surface area contributed by atoms with Crippen LogP contribution in [-0.2, 0) is 10.8 Å². The second kappa shape index (κ2) is 7.18. The number of fused-ring (bicyclic) bond motifs is 5. The van der Waals surface area contributed by atoms with Crippen LogP contribution in [0.2, 0.25) is 0 Å². The molecule has 1 aliphatic carbocycles. The molecule has 0 fully saturated rings. The van der Waals surface area contributed by atoms with Gasteiger partial charge in [0.05, 0.1) is 0 Å². The summed E-state index contributed by atoms with van der Waals surface area (Å²) in [6.45, 7) is 13.3. The number of benzene rings is 3. The first-order valence-electron chi connectivity index (χ1n) is 12.9. The summed E-state index contributed by atoms with van der Waals surface area (Å²) in [6.07, 6.45) is 4.25. The molecule has 3 aromatic carbocycles. The Hall–Kier alpha value is -3.13. The van der Waals surface area contributed by atoms with Gasteiger partial charge in [0.2, 0.25) is 0 Å². The first-order valence-corrected chi connectivity index (χ1v) is 12.4. The molecule has 2 heteroatoms.